The Balaban J connectivity index is 3.00. The van der Waals surface area contributed by atoms with Crippen molar-refractivity contribution in [1.82, 2.24) is 0 Å². The fourth-order valence-corrected chi connectivity index (χ4v) is 1.18. The second-order valence-electron chi connectivity index (χ2n) is 3.12. The van der Waals surface area contributed by atoms with Gasteiger partial charge in [0.15, 0.2) is 0 Å². The predicted octanol–water partition coefficient (Wildman–Crippen LogP) is 0.905. The number of carbonyl (C=O) groups is 2. The molecule has 1 aromatic carbocycles. The molecule has 0 bridgehead atoms. The fourth-order valence-electron chi connectivity index (χ4n) is 1.18. The fraction of sp³-hybridized carbons (Fsp3) is 0.200. The number of benzene rings is 1. The molecular weight excluding hydrogens is 198 g/mol. The molecule has 5 nitrogen and oxygen atoms in total. The zero-order chi connectivity index (χ0) is 11.4. The van der Waals surface area contributed by atoms with E-state index in [4.69, 9.17) is 11.0 Å². The van der Waals surface area contributed by atoms with Crippen LogP contribution in [0, 0.1) is 0 Å². The summed E-state index contributed by atoms with van der Waals surface area (Å²) in [6.07, 6.45) is 0. The van der Waals surface area contributed by atoms with Gasteiger partial charge in [-0.1, -0.05) is 12.1 Å². The Morgan fingerprint density at radius 2 is 2.13 bits per heavy atom. The van der Waals surface area contributed by atoms with Crippen LogP contribution >= 0.6 is 0 Å². The van der Waals surface area contributed by atoms with Crippen molar-refractivity contribution in [2.45, 2.75) is 12.8 Å². The monoisotopic (exact) mass is 209 g/mol. The lowest BCUT2D eigenvalue weighted by Gasteiger charge is -2.08. The van der Waals surface area contributed by atoms with Gasteiger partial charge >= 0.3 is 5.97 Å². The average Bonchev–Trinajstić information content (AvgIpc) is 2.27. The summed E-state index contributed by atoms with van der Waals surface area (Å²) in [6.45, 7) is 1.55. The van der Waals surface area contributed by atoms with E-state index >= 15 is 0 Å². The summed E-state index contributed by atoms with van der Waals surface area (Å²) >= 11 is 0. The van der Waals surface area contributed by atoms with Crippen molar-refractivity contribution in [3.05, 3.63) is 35.4 Å². The molecule has 1 unspecified atom stereocenters. The van der Waals surface area contributed by atoms with Crippen LogP contribution in [0.2, 0.25) is 0 Å². The van der Waals surface area contributed by atoms with Crippen molar-refractivity contribution in [3.8, 4) is 0 Å². The maximum Gasteiger partial charge on any atom is 0.349 e. The number of carbonyl (C=O) groups excluding carboxylic acids is 2. The zero-order valence-corrected chi connectivity index (χ0v) is 8.14. The molecule has 0 aromatic heterocycles. The van der Waals surface area contributed by atoms with Crippen LogP contribution in [0.4, 0.5) is 0 Å². The Morgan fingerprint density at radius 3 is 2.67 bits per heavy atom. The first kappa shape index (κ1) is 11.2. The maximum absolute atomic E-state index is 11.0. The van der Waals surface area contributed by atoms with Gasteiger partial charge in [-0.15, -0.1) is 0 Å². The van der Waals surface area contributed by atoms with Crippen LogP contribution in [0.15, 0.2) is 24.3 Å². The van der Waals surface area contributed by atoms with Gasteiger partial charge in [0.25, 0.3) is 0 Å². The Labute approximate surface area is 86.4 Å². The summed E-state index contributed by atoms with van der Waals surface area (Å²) in [5.41, 5.74) is 5.96. The van der Waals surface area contributed by atoms with Crippen molar-refractivity contribution < 1.29 is 19.7 Å². The SMILES string of the molecule is CC(C(=O)OO)c1cccc(C(N)=O)c1. The predicted molar refractivity (Wildman–Crippen MR) is 52.1 cm³/mol. The van der Waals surface area contributed by atoms with E-state index in [0.717, 1.165) is 0 Å². The van der Waals surface area contributed by atoms with Gasteiger partial charge in [0, 0.05) is 5.56 Å². The van der Waals surface area contributed by atoms with Gasteiger partial charge in [-0.25, -0.2) is 4.79 Å². The quantitative estimate of drug-likeness (QED) is 0.571. The third-order valence-electron chi connectivity index (χ3n) is 2.11. The lowest BCUT2D eigenvalue weighted by molar-refractivity contribution is -0.235. The molecule has 5 heteroatoms. The summed E-state index contributed by atoms with van der Waals surface area (Å²) in [6, 6.07) is 6.29. The molecular formula is C10H11NO4. The number of amides is 1. The minimum Gasteiger partial charge on any atom is -0.366 e. The highest BCUT2D eigenvalue weighted by Gasteiger charge is 2.17. The lowest BCUT2D eigenvalue weighted by atomic mass is 9.99. The molecule has 0 saturated heterocycles. The maximum atomic E-state index is 11.0. The van der Waals surface area contributed by atoms with Crippen LogP contribution < -0.4 is 5.73 Å². The van der Waals surface area contributed by atoms with Gasteiger partial charge in [-0.3, -0.25) is 4.79 Å². The molecule has 0 aliphatic carbocycles. The Hall–Kier alpha value is -1.88. The van der Waals surface area contributed by atoms with E-state index in [2.05, 4.69) is 4.89 Å². The van der Waals surface area contributed by atoms with E-state index < -0.39 is 17.8 Å². The molecule has 0 aliphatic rings. The molecule has 0 radical (unpaired) electrons. The van der Waals surface area contributed by atoms with Gasteiger partial charge in [0.1, 0.15) is 0 Å². The van der Waals surface area contributed by atoms with E-state index in [1.54, 1.807) is 25.1 Å². The van der Waals surface area contributed by atoms with Crippen molar-refractivity contribution in [2.24, 2.45) is 5.73 Å². The van der Waals surface area contributed by atoms with E-state index in [0.29, 0.717) is 11.1 Å². The van der Waals surface area contributed by atoms with Crippen molar-refractivity contribution in [2.75, 3.05) is 0 Å². The van der Waals surface area contributed by atoms with Crippen LogP contribution in [-0.4, -0.2) is 17.1 Å². The summed E-state index contributed by atoms with van der Waals surface area (Å²) in [4.78, 5) is 25.5. The van der Waals surface area contributed by atoms with Gasteiger partial charge in [0.2, 0.25) is 5.91 Å². The van der Waals surface area contributed by atoms with Crippen LogP contribution in [0.25, 0.3) is 0 Å². The van der Waals surface area contributed by atoms with Crippen molar-refractivity contribution in [1.29, 1.82) is 0 Å². The van der Waals surface area contributed by atoms with Gasteiger partial charge < -0.3 is 10.6 Å². The second-order valence-corrected chi connectivity index (χ2v) is 3.12. The topological polar surface area (TPSA) is 89.6 Å². The molecule has 0 spiro atoms. The normalized spacial score (nSPS) is 11.9. The average molecular weight is 209 g/mol. The molecule has 1 aromatic rings. The number of nitrogens with two attached hydrogens (primary N) is 1. The van der Waals surface area contributed by atoms with Crippen LogP contribution in [0.3, 0.4) is 0 Å². The van der Waals surface area contributed by atoms with Gasteiger partial charge in [0.05, 0.1) is 5.92 Å². The van der Waals surface area contributed by atoms with Crippen LogP contribution in [0.5, 0.6) is 0 Å². The molecule has 0 heterocycles. The first-order valence-electron chi connectivity index (χ1n) is 4.31. The summed E-state index contributed by atoms with van der Waals surface area (Å²) in [5, 5.41) is 8.20. The molecule has 1 amide bonds. The van der Waals surface area contributed by atoms with E-state index in [9.17, 15) is 9.59 Å². The number of rotatable bonds is 3. The molecule has 0 aliphatic heterocycles. The first-order valence-corrected chi connectivity index (χ1v) is 4.31. The Morgan fingerprint density at radius 1 is 1.47 bits per heavy atom. The molecule has 80 valence electrons. The molecule has 15 heavy (non-hydrogen) atoms. The number of hydrogen-bond acceptors (Lipinski definition) is 4. The minimum atomic E-state index is -0.781. The highest BCUT2D eigenvalue weighted by atomic mass is 17.1. The molecule has 3 N–H and O–H groups in total. The largest absolute Gasteiger partial charge is 0.366 e. The second kappa shape index (κ2) is 4.56. The third-order valence-corrected chi connectivity index (χ3v) is 2.11. The number of primary amides is 1. The summed E-state index contributed by atoms with van der Waals surface area (Å²) < 4.78 is 0. The zero-order valence-electron chi connectivity index (χ0n) is 8.14. The van der Waals surface area contributed by atoms with Gasteiger partial charge in [-0.2, -0.15) is 5.26 Å². The van der Waals surface area contributed by atoms with Gasteiger partial charge in [-0.05, 0) is 24.6 Å². The standard InChI is InChI=1S/C10H11NO4/c1-6(10(13)15-14)7-3-2-4-8(5-7)9(11)12/h2-6,14H,1H3,(H2,11,12). The molecule has 1 atom stereocenters. The van der Waals surface area contributed by atoms with E-state index in [1.807, 2.05) is 0 Å². The minimum absolute atomic E-state index is 0.310. The highest BCUT2D eigenvalue weighted by molar-refractivity contribution is 5.93. The van der Waals surface area contributed by atoms with E-state index in [-0.39, 0.29) is 0 Å². The Bertz CT molecular complexity index is 389. The smallest absolute Gasteiger partial charge is 0.349 e. The first-order chi connectivity index (χ1) is 7.06. The van der Waals surface area contributed by atoms with Crippen molar-refractivity contribution in [3.63, 3.8) is 0 Å². The molecule has 0 fully saturated rings. The van der Waals surface area contributed by atoms with E-state index in [1.165, 1.54) is 6.07 Å². The summed E-state index contributed by atoms with van der Waals surface area (Å²) in [5.74, 6) is -1.99. The molecule has 0 saturated carbocycles. The highest BCUT2D eigenvalue weighted by Crippen LogP contribution is 2.17. The Kier molecular flexibility index (Phi) is 3.41. The third kappa shape index (κ3) is 2.54. The van der Waals surface area contributed by atoms with Crippen molar-refractivity contribution >= 4 is 11.9 Å². The van der Waals surface area contributed by atoms with Crippen LogP contribution in [0.1, 0.15) is 28.8 Å². The lowest BCUT2D eigenvalue weighted by Crippen LogP contribution is -2.14. The number of hydrogen-bond donors (Lipinski definition) is 2. The molecule has 1 rings (SSSR count). The van der Waals surface area contributed by atoms with Crippen LogP contribution in [-0.2, 0) is 9.68 Å². The summed E-state index contributed by atoms with van der Waals surface area (Å²) in [7, 11) is 0.